The Kier molecular flexibility index (Phi) is 7.37. The molecule has 0 saturated heterocycles. The van der Waals surface area contributed by atoms with E-state index in [2.05, 4.69) is 15.0 Å². The second-order valence-electron chi connectivity index (χ2n) is 6.39. The van der Waals surface area contributed by atoms with Crippen LogP contribution >= 0.6 is 0 Å². The van der Waals surface area contributed by atoms with Gasteiger partial charge in [0, 0.05) is 12.1 Å². The number of aliphatic imine (C=N–C) groups is 1. The third kappa shape index (κ3) is 5.81. The van der Waals surface area contributed by atoms with Crippen LogP contribution in [0.25, 0.3) is 6.08 Å². The van der Waals surface area contributed by atoms with Gasteiger partial charge in [0.15, 0.2) is 23.8 Å². The van der Waals surface area contributed by atoms with Crippen molar-refractivity contribution in [2.75, 3.05) is 20.3 Å². The number of nitrogens with zero attached hydrogens (tertiary/aromatic N) is 1. The number of carbonyl (C=O) groups excluding carboxylic acids is 2. The molecule has 1 aliphatic rings. The summed E-state index contributed by atoms with van der Waals surface area (Å²) >= 11 is 0. The third-order valence-corrected chi connectivity index (χ3v) is 4.17. The molecule has 1 aliphatic heterocycles. The molecule has 0 unspecified atom stereocenters. The highest BCUT2D eigenvalue weighted by Gasteiger charge is 2.24. The molecular formula is C22H20F2N2O6. The quantitative estimate of drug-likeness (QED) is 0.470. The van der Waals surface area contributed by atoms with Crippen molar-refractivity contribution in [3.05, 3.63) is 59.3 Å². The number of nitrogens with one attached hydrogen (secondary N) is 1. The second kappa shape index (κ2) is 10.4. The summed E-state index contributed by atoms with van der Waals surface area (Å²) < 4.78 is 44.7. The molecule has 0 fully saturated rings. The van der Waals surface area contributed by atoms with Gasteiger partial charge in [0.2, 0.25) is 5.90 Å². The van der Waals surface area contributed by atoms with Crippen LogP contribution in [0.2, 0.25) is 0 Å². The first-order valence-corrected chi connectivity index (χ1v) is 9.55. The van der Waals surface area contributed by atoms with Crippen molar-refractivity contribution in [1.82, 2.24) is 5.32 Å². The highest BCUT2D eigenvalue weighted by molar-refractivity contribution is 6.12. The number of methoxy groups -OCH3 is 1. The van der Waals surface area contributed by atoms with Crippen LogP contribution in [0.4, 0.5) is 8.78 Å². The first kappa shape index (κ1) is 22.7. The Balaban J connectivity index is 1.76. The lowest BCUT2D eigenvalue weighted by molar-refractivity contribution is -0.130. The van der Waals surface area contributed by atoms with E-state index in [1.165, 1.54) is 37.5 Å². The van der Waals surface area contributed by atoms with Crippen LogP contribution in [0.3, 0.4) is 0 Å². The number of cyclic esters (lactones) is 1. The fraction of sp³-hybridized carbons (Fsp3) is 0.227. The predicted octanol–water partition coefficient (Wildman–Crippen LogP) is 3.16. The number of benzene rings is 2. The van der Waals surface area contributed by atoms with Crippen LogP contribution in [0.5, 0.6) is 17.2 Å². The fourth-order valence-corrected chi connectivity index (χ4v) is 2.75. The summed E-state index contributed by atoms with van der Waals surface area (Å²) in [6, 6.07) is 10.5. The largest absolute Gasteiger partial charge is 0.493 e. The molecule has 0 aromatic heterocycles. The summed E-state index contributed by atoms with van der Waals surface area (Å²) in [7, 11) is 1.45. The summed E-state index contributed by atoms with van der Waals surface area (Å²) in [6.45, 7) is -0.789. The molecule has 1 heterocycles. The van der Waals surface area contributed by atoms with Gasteiger partial charge < -0.3 is 24.3 Å². The average molecular weight is 446 g/mol. The molecule has 2 aromatic rings. The first-order chi connectivity index (χ1) is 15.4. The number of rotatable bonds is 9. The van der Waals surface area contributed by atoms with Gasteiger partial charge in [-0.2, -0.15) is 8.78 Å². The molecule has 0 aliphatic carbocycles. The van der Waals surface area contributed by atoms with Gasteiger partial charge in [0.05, 0.1) is 7.11 Å². The number of likely N-dealkylation sites (N-methyl/N-ethyl adjacent to an activating group) is 1. The molecule has 0 atom stereocenters. The molecule has 10 heteroatoms. The molecule has 2 aromatic carbocycles. The predicted molar refractivity (Wildman–Crippen MR) is 111 cm³/mol. The number of halogens is 2. The lowest BCUT2D eigenvalue weighted by atomic mass is 10.1. The van der Waals surface area contributed by atoms with Crippen molar-refractivity contribution in [2.45, 2.75) is 13.5 Å². The minimum atomic E-state index is -2.93. The smallest absolute Gasteiger partial charge is 0.387 e. The first-order valence-electron chi connectivity index (χ1n) is 9.55. The summed E-state index contributed by atoms with van der Waals surface area (Å²) in [6.07, 6.45) is 1.50. The van der Waals surface area contributed by atoms with Crippen molar-refractivity contribution in [2.24, 2.45) is 4.99 Å². The average Bonchev–Trinajstić information content (AvgIpc) is 3.13. The Hall–Kier alpha value is -3.95. The van der Waals surface area contributed by atoms with E-state index < -0.39 is 12.6 Å². The van der Waals surface area contributed by atoms with Crippen LogP contribution < -0.4 is 19.5 Å². The second-order valence-corrected chi connectivity index (χ2v) is 6.39. The molecule has 0 radical (unpaired) electrons. The van der Waals surface area contributed by atoms with E-state index >= 15 is 0 Å². The van der Waals surface area contributed by atoms with E-state index in [4.69, 9.17) is 14.2 Å². The van der Waals surface area contributed by atoms with Crippen LogP contribution in [0, 0.1) is 0 Å². The van der Waals surface area contributed by atoms with Crippen molar-refractivity contribution < 1.29 is 37.3 Å². The maximum atomic E-state index is 12.3. The number of ether oxygens (including phenoxy) is 4. The normalized spacial score (nSPS) is 14.2. The molecule has 8 nitrogen and oxygen atoms in total. The minimum absolute atomic E-state index is 0.0222. The van der Waals surface area contributed by atoms with E-state index in [0.717, 1.165) is 0 Å². The summed E-state index contributed by atoms with van der Waals surface area (Å²) in [5.74, 6) is -0.169. The van der Waals surface area contributed by atoms with Crippen LogP contribution in [-0.4, -0.2) is 44.6 Å². The van der Waals surface area contributed by atoms with Gasteiger partial charge in [0.1, 0.15) is 5.75 Å². The van der Waals surface area contributed by atoms with Gasteiger partial charge >= 0.3 is 12.6 Å². The summed E-state index contributed by atoms with van der Waals surface area (Å²) in [5.41, 5.74) is 1.06. The van der Waals surface area contributed by atoms with E-state index in [1.807, 2.05) is 0 Å². The molecule has 1 N–H and O–H groups in total. The third-order valence-electron chi connectivity index (χ3n) is 4.17. The number of hydrogen-bond donors (Lipinski definition) is 1. The van der Waals surface area contributed by atoms with Gasteiger partial charge in [-0.05, 0) is 55.0 Å². The van der Waals surface area contributed by atoms with E-state index in [-0.39, 0.29) is 29.9 Å². The Morgan fingerprint density at radius 1 is 1.19 bits per heavy atom. The molecule has 0 saturated carbocycles. The number of amides is 1. The Bertz CT molecular complexity index is 1050. The zero-order valence-corrected chi connectivity index (χ0v) is 17.3. The molecular weight excluding hydrogens is 426 g/mol. The monoisotopic (exact) mass is 446 g/mol. The van der Waals surface area contributed by atoms with Gasteiger partial charge in [-0.25, -0.2) is 9.79 Å². The SMILES string of the molecule is CCNC(=O)COc1ccc(/C=C2\N=C(c3ccc(OC(F)F)cc3)OC2=O)cc1OC. The van der Waals surface area contributed by atoms with E-state index in [9.17, 15) is 18.4 Å². The number of alkyl halides is 2. The summed E-state index contributed by atoms with van der Waals surface area (Å²) in [5, 5.41) is 2.63. The molecule has 168 valence electrons. The van der Waals surface area contributed by atoms with Crippen molar-refractivity contribution >= 4 is 23.9 Å². The maximum absolute atomic E-state index is 12.3. The van der Waals surface area contributed by atoms with Gasteiger partial charge in [-0.15, -0.1) is 0 Å². The van der Waals surface area contributed by atoms with Gasteiger partial charge in [0.25, 0.3) is 5.91 Å². The standard InChI is InChI=1S/C22H20F2N2O6/c1-3-25-19(27)12-30-17-9-4-13(11-18(17)29-2)10-16-21(28)32-20(26-16)14-5-7-15(8-6-14)31-22(23)24/h4-11,22H,3,12H2,1-2H3,(H,25,27)/b16-10-. The van der Waals surface area contributed by atoms with Crippen molar-refractivity contribution in [1.29, 1.82) is 0 Å². The van der Waals surface area contributed by atoms with Crippen LogP contribution in [0.1, 0.15) is 18.1 Å². The zero-order valence-electron chi connectivity index (χ0n) is 17.3. The highest BCUT2D eigenvalue weighted by atomic mass is 19.3. The fourth-order valence-electron chi connectivity index (χ4n) is 2.75. The minimum Gasteiger partial charge on any atom is -0.493 e. The van der Waals surface area contributed by atoms with Gasteiger partial charge in [-0.1, -0.05) is 6.07 Å². The van der Waals surface area contributed by atoms with E-state index in [1.54, 1.807) is 25.1 Å². The Morgan fingerprint density at radius 2 is 1.94 bits per heavy atom. The van der Waals surface area contributed by atoms with Gasteiger partial charge in [-0.3, -0.25) is 4.79 Å². The summed E-state index contributed by atoms with van der Waals surface area (Å²) in [4.78, 5) is 28.0. The number of esters is 1. The molecule has 0 spiro atoms. The molecule has 1 amide bonds. The van der Waals surface area contributed by atoms with Crippen LogP contribution in [-0.2, 0) is 14.3 Å². The zero-order chi connectivity index (χ0) is 23.1. The molecule has 32 heavy (non-hydrogen) atoms. The van der Waals surface area contributed by atoms with Crippen molar-refractivity contribution in [3.8, 4) is 17.2 Å². The van der Waals surface area contributed by atoms with Crippen LogP contribution in [0.15, 0.2) is 53.2 Å². The maximum Gasteiger partial charge on any atom is 0.387 e. The highest BCUT2D eigenvalue weighted by Crippen LogP contribution is 2.30. The topological polar surface area (TPSA) is 95.5 Å². The van der Waals surface area contributed by atoms with E-state index in [0.29, 0.717) is 29.2 Å². The lowest BCUT2D eigenvalue weighted by Crippen LogP contribution is -2.28. The van der Waals surface area contributed by atoms with Crippen molar-refractivity contribution in [3.63, 3.8) is 0 Å². The Labute approximate surface area is 182 Å². The number of hydrogen-bond acceptors (Lipinski definition) is 7. The lowest BCUT2D eigenvalue weighted by Gasteiger charge is -2.11. The number of carbonyl (C=O) groups is 2. The Morgan fingerprint density at radius 3 is 2.59 bits per heavy atom. The molecule has 3 rings (SSSR count). The molecule has 0 bridgehead atoms.